The van der Waals surface area contributed by atoms with Gasteiger partial charge in [0.25, 0.3) is 0 Å². The van der Waals surface area contributed by atoms with Gasteiger partial charge in [0.1, 0.15) is 5.60 Å². The lowest BCUT2D eigenvalue weighted by Crippen LogP contribution is -2.29. The maximum absolute atomic E-state index is 11.2. The Hall–Kier alpha value is -0.790. The van der Waals surface area contributed by atoms with E-state index in [0.717, 1.165) is 19.3 Å². The zero-order chi connectivity index (χ0) is 11.9. The normalized spacial score (nSPS) is 14.7. The van der Waals surface area contributed by atoms with Gasteiger partial charge in [-0.3, -0.25) is 4.79 Å². The van der Waals surface area contributed by atoms with Gasteiger partial charge in [-0.05, 0) is 31.8 Å². The summed E-state index contributed by atoms with van der Waals surface area (Å²) in [6.45, 7) is 11.9. The first-order valence-corrected chi connectivity index (χ1v) is 5.79. The average Bonchev–Trinajstić information content (AvgIpc) is 2.17. The molecule has 0 aromatic rings. The lowest BCUT2D eigenvalue weighted by Gasteiger charge is -2.26. The molecule has 0 fully saturated rings. The van der Waals surface area contributed by atoms with Gasteiger partial charge in [-0.25, -0.2) is 0 Å². The highest BCUT2D eigenvalue weighted by atomic mass is 16.6. The van der Waals surface area contributed by atoms with Gasteiger partial charge in [0, 0.05) is 6.42 Å². The molecule has 0 aliphatic carbocycles. The fourth-order valence-corrected chi connectivity index (χ4v) is 1.39. The zero-order valence-corrected chi connectivity index (χ0v) is 10.5. The smallest absolute Gasteiger partial charge is 0.306 e. The molecule has 88 valence electrons. The van der Waals surface area contributed by atoms with E-state index in [2.05, 4.69) is 20.4 Å². The van der Waals surface area contributed by atoms with Gasteiger partial charge < -0.3 is 4.74 Å². The number of carbonyl (C=O) groups is 1. The SMILES string of the molecule is C=CC(C)(CCCC(C)C)OC(=O)CC. The molecular formula is C13H24O2. The van der Waals surface area contributed by atoms with Gasteiger partial charge in [0.05, 0.1) is 0 Å². The van der Waals surface area contributed by atoms with Crippen LogP contribution in [0, 0.1) is 5.92 Å². The Morgan fingerprint density at radius 2 is 2.13 bits per heavy atom. The van der Waals surface area contributed by atoms with Crippen molar-refractivity contribution in [1.82, 2.24) is 0 Å². The molecule has 2 nitrogen and oxygen atoms in total. The van der Waals surface area contributed by atoms with Crippen LogP contribution in [0.5, 0.6) is 0 Å². The lowest BCUT2D eigenvalue weighted by atomic mass is 9.96. The highest BCUT2D eigenvalue weighted by Gasteiger charge is 2.23. The number of esters is 1. The predicted molar refractivity (Wildman–Crippen MR) is 63.7 cm³/mol. The van der Waals surface area contributed by atoms with Crippen LogP contribution >= 0.6 is 0 Å². The van der Waals surface area contributed by atoms with Crippen LogP contribution in [-0.2, 0) is 9.53 Å². The quantitative estimate of drug-likeness (QED) is 0.475. The van der Waals surface area contributed by atoms with E-state index in [0.29, 0.717) is 12.3 Å². The Balaban J connectivity index is 4.07. The van der Waals surface area contributed by atoms with Gasteiger partial charge in [-0.15, -0.1) is 0 Å². The molecular weight excluding hydrogens is 188 g/mol. The third-order valence-electron chi connectivity index (χ3n) is 2.52. The first-order valence-electron chi connectivity index (χ1n) is 5.79. The second-order valence-corrected chi connectivity index (χ2v) is 4.63. The van der Waals surface area contributed by atoms with Crippen LogP contribution in [-0.4, -0.2) is 11.6 Å². The summed E-state index contributed by atoms with van der Waals surface area (Å²) in [4.78, 5) is 11.2. The molecule has 0 spiro atoms. The number of hydrogen-bond donors (Lipinski definition) is 0. The lowest BCUT2D eigenvalue weighted by molar-refractivity contribution is -0.154. The summed E-state index contributed by atoms with van der Waals surface area (Å²) in [5.41, 5.74) is -0.484. The second-order valence-electron chi connectivity index (χ2n) is 4.63. The maximum Gasteiger partial charge on any atom is 0.306 e. The van der Waals surface area contributed by atoms with E-state index in [1.807, 2.05) is 6.92 Å². The topological polar surface area (TPSA) is 26.3 Å². The van der Waals surface area contributed by atoms with Crippen LogP contribution in [0.25, 0.3) is 0 Å². The third kappa shape index (κ3) is 6.32. The summed E-state index contributed by atoms with van der Waals surface area (Å²) in [5, 5.41) is 0. The first-order chi connectivity index (χ1) is 6.93. The Morgan fingerprint density at radius 1 is 1.53 bits per heavy atom. The van der Waals surface area contributed by atoms with Crippen LogP contribution in [0.3, 0.4) is 0 Å². The van der Waals surface area contributed by atoms with Gasteiger partial charge in [0.2, 0.25) is 0 Å². The van der Waals surface area contributed by atoms with Crippen LogP contribution in [0.1, 0.15) is 53.4 Å². The van der Waals surface area contributed by atoms with E-state index in [1.54, 1.807) is 13.0 Å². The van der Waals surface area contributed by atoms with E-state index in [-0.39, 0.29) is 5.97 Å². The van der Waals surface area contributed by atoms with Crippen molar-refractivity contribution in [3.05, 3.63) is 12.7 Å². The highest BCUT2D eigenvalue weighted by molar-refractivity contribution is 5.69. The van der Waals surface area contributed by atoms with Crippen LogP contribution in [0.15, 0.2) is 12.7 Å². The molecule has 15 heavy (non-hydrogen) atoms. The van der Waals surface area contributed by atoms with Gasteiger partial charge >= 0.3 is 5.97 Å². The van der Waals surface area contributed by atoms with Crippen molar-refractivity contribution in [1.29, 1.82) is 0 Å². The Morgan fingerprint density at radius 3 is 2.53 bits per heavy atom. The molecule has 0 aliphatic rings. The largest absolute Gasteiger partial charge is 0.455 e. The van der Waals surface area contributed by atoms with Crippen molar-refractivity contribution in [2.75, 3.05) is 0 Å². The van der Waals surface area contributed by atoms with Gasteiger partial charge in [-0.1, -0.05) is 33.8 Å². The van der Waals surface area contributed by atoms with Gasteiger partial charge in [-0.2, -0.15) is 0 Å². The van der Waals surface area contributed by atoms with E-state index in [9.17, 15) is 4.79 Å². The highest BCUT2D eigenvalue weighted by Crippen LogP contribution is 2.22. The molecule has 0 radical (unpaired) electrons. The molecule has 2 heteroatoms. The van der Waals surface area contributed by atoms with Crippen molar-refractivity contribution in [2.45, 2.75) is 59.0 Å². The van der Waals surface area contributed by atoms with E-state index in [4.69, 9.17) is 4.74 Å². The summed E-state index contributed by atoms with van der Waals surface area (Å²) >= 11 is 0. The molecule has 1 atom stereocenters. The summed E-state index contributed by atoms with van der Waals surface area (Å²) in [6.07, 6.45) is 5.25. The summed E-state index contributed by atoms with van der Waals surface area (Å²) in [6, 6.07) is 0. The Labute approximate surface area is 93.7 Å². The fourth-order valence-electron chi connectivity index (χ4n) is 1.39. The summed E-state index contributed by atoms with van der Waals surface area (Å²) in [5.74, 6) is 0.544. The molecule has 0 amide bonds. The molecule has 1 unspecified atom stereocenters. The zero-order valence-electron chi connectivity index (χ0n) is 10.5. The second kappa shape index (κ2) is 6.65. The summed E-state index contributed by atoms with van der Waals surface area (Å²) in [7, 11) is 0. The van der Waals surface area contributed by atoms with Crippen molar-refractivity contribution in [3.63, 3.8) is 0 Å². The molecule has 0 aromatic carbocycles. The predicted octanol–water partition coefficient (Wildman–Crippen LogP) is 3.71. The van der Waals surface area contributed by atoms with E-state index >= 15 is 0 Å². The van der Waals surface area contributed by atoms with Crippen LogP contribution < -0.4 is 0 Å². The molecule has 0 N–H and O–H groups in total. The summed E-state index contributed by atoms with van der Waals surface area (Å²) < 4.78 is 5.36. The van der Waals surface area contributed by atoms with Crippen molar-refractivity contribution >= 4 is 5.97 Å². The molecule has 0 bridgehead atoms. The third-order valence-corrected chi connectivity index (χ3v) is 2.52. The van der Waals surface area contributed by atoms with Crippen molar-refractivity contribution in [3.8, 4) is 0 Å². The number of hydrogen-bond acceptors (Lipinski definition) is 2. The molecule has 0 saturated carbocycles. The molecule has 0 aromatic heterocycles. The van der Waals surface area contributed by atoms with E-state index in [1.165, 1.54) is 0 Å². The number of carbonyl (C=O) groups excluding carboxylic acids is 1. The molecule has 0 aliphatic heterocycles. The molecule has 0 rings (SSSR count). The molecule has 0 saturated heterocycles. The number of ether oxygens (including phenoxy) is 1. The fraction of sp³-hybridized carbons (Fsp3) is 0.769. The van der Waals surface area contributed by atoms with E-state index < -0.39 is 5.60 Å². The standard InChI is InChI=1S/C13H24O2/c1-6-12(14)15-13(5,7-2)10-8-9-11(3)4/h7,11H,2,6,8-10H2,1,3-5H3. The van der Waals surface area contributed by atoms with Crippen molar-refractivity contribution < 1.29 is 9.53 Å². The monoisotopic (exact) mass is 212 g/mol. The van der Waals surface area contributed by atoms with Gasteiger partial charge in [0.15, 0.2) is 0 Å². The molecule has 0 heterocycles. The Kier molecular flexibility index (Phi) is 6.30. The minimum atomic E-state index is -0.484. The van der Waals surface area contributed by atoms with Crippen molar-refractivity contribution in [2.24, 2.45) is 5.92 Å². The first kappa shape index (κ1) is 14.2. The van der Waals surface area contributed by atoms with Crippen LogP contribution in [0.2, 0.25) is 0 Å². The number of rotatable bonds is 7. The Bertz CT molecular complexity index is 209. The van der Waals surface area contributed by atoms with Crippen LogP contribution in [0.4, 0.5) is 0 Å². The minimum absolute atomic E-state index is 0.151. The maximum atomic E-state index is 11.2. The minimum Gasteiger partial charge on any atom is -0.455 e. The average molecular weight is 212 g/mol.